The van der Waals surface area contributed by atoms with Crippen LogP contribution in [0.2, 0.25) is 5.02 Å². The summed E-state index contributed by atoms with van der Waals surface area (Å²) in [5.41, 5.74) is 6.06. The van der Waals surface area contributed by atoms with E-state index in [1.165, 1.54) is 35.3 Å². The second kappa shape index (κ2) is 10.7. The lowest BCUT2D eigenvalue weighted by atomic mass is 9.96. The van der Waals surface area contributed by atoms with Gasteiger partial charge >= 0.3 is 0 Å². The number of hydrogen-bond donors (Lipinski definition) is 3. The number of pyridine rings is 1. The fourth-order valence-electron chi connectivity index (χ4n) is 3.54. The molecule has 0 saturated carbocycles. The Labute approximate surface area is 198 Å². The summed E-state index contributed by atoms with van der Waals surface area (Å²) in [6, 6.07) is 5.38. The van der Waals surface area contributed by atoms with E-state index < -0.39 is 23.5 Å². The van der Waals surface area contributed by atoms with Gasteiger partial charge in [-0.1, -0.05) is 24.6 Å². The molecule has 0 aliphatic carbocycles. The van der Waals surface area contributed by atoms with Crippen LogP contribution >= 0.6 is 11.6 Å². The molecule has 8 nitrogen and oxygen atoms in total. The third-order valence-electron chi connectivity index (χ3n) is 5.19. The van der Waals surface area contributed by atoms with Crippen molar-refractivity contribution in [1.29, 1.82) is 0 Å². The molecule has 178 valence electrons. The number of aliphatic hydroxyl groups is 1. The Kier molecular flexibility index (Phi) is 7.91. The Hall–Kier alpha value is -3.14. The second-order valence-electron chi connectivity index (χ2n) is 7.71. The maximum absolute atomic E-state index is 15.5. The largest absolute Gasteiger partial charge is 0.392 e. The molecule has 0 aliphatic heterocycles. The first-order valence-corrected chi connectivity index (χ1v) is 10.8. The normalized spacial score (nSPS) is 13.0. The van der Waals surface area contributed by atoms with Gasteiger partial charge in [0, 0.05) is 50.4 Å². The Balaban J connectivity index is 0.00000306. The van der Waals surface area contributed by atoms with Crippen molar-refractivity contribution < 1.29 is 21.9 Å². The molecule has 33 heavy (non-hydrogen) atoms. The van der Waals surface area contributed by atoms with Crippen LogP contribution < -0.4 is 11.1 Å². The molecule has 0 bridgehead atoms. The van der Waals surface area contributed by atoms with Crippen molar-refractivity contribution in [2.75, 3.05) is 0 Å². The molecule has 4 N–H and O–H groups in total. The fraction of sp³-hybridized carbons (Fsp3) is 0.304. The molecule has 2 aromatic heterocycles. The van der Waals surface area contributed by atoms with E-state index in [-0.39, 0.29) is 43.6 Å². The van der Waals surface area contributed by atoms with E-state index in [9.17, 15) is 9.59 Å². The highest BCUT2D eigenvalue weighted by Gasteiger charge is 2.25. The Morgan fingerprint density at radius 1 is 1.30 bits per heavy atom. The number of hydrogen-bond acceptors (Lipinski definition) is 6. The molecular formula is C23H29ClFN5O3. The number of nitrogens with two attached hydrogens (primary N) is 1. The zero-order valence-corrected chi connectivity index (χ0v) is 19.0. The number of nitrogens with one attached hydrogen (secondary N) is 1. The van der Waals surface area contributed by atoms with Gasteiger partial charge in [-0.2, -0.15) is 5.10 Å². The molecule has 0 radical (unpaired) electrons. The van der Waals surface area contributed by atoms with Crippen molar-refractivity contribution in [2.24, 2.45) is 5.73 Å². The van der Waals surface area contributed by atoms with Gasteiger partial charge in [0.2, 0.25) is 5.91 Å². The number of aliphatic hydroxyl groups excluding tert-OH is 1. The highest BCUT2D eigenvalue weighted by Crippen LogP contribution is 2.30. The average molecular weight is 478 g/mol. The molecule has 0 saturated heterocycles. The fourth-order valence-corrected chi connectivity index (χ4v) is 3.78. The smallest absolute Gasteiger partial charge is 0.218 e. The molecule has 1 aromatic carbocycles. The van der Waals surface area contributed by atoms with Crippen LogP contribution in [0.5, 0.6) is 0 Å². The van der Waals surface area contributed by atoms with Crippen LogP contribution in [0, 0.1) is 5.82 Å². The highest BCUT2D eigenvalue weighted by atomic mass is 35.5. The van der Waals surface area contributed by atoms with Gasteiger partial charge < -0.3 is 16.2 Å². The summed E-state index contributed by atoms with van der Waals surface area (Å²) >= 11 is 6.21. The number of amides is 1. The number of halogens is 2. The quantitative estimate of drug-likeness (QED) is 0.383. The first-order chi connectivity index (χ1) is 15.7. The molecule has 0 aliphatic rings. The van der Waals surface area contributed by atoms with Gasteiger partial charge in [-0.05, 0) is 31.5 Å². The van der Waals surface area contributed by atoms with Crippen LogP contribution in [0.3, 0.4) is 0 Å². The summed E-state index contributed by atoms with van der Waals surface area (Å²) in [5, 5.41) is 16.4. The van der Waals surface area contributed by atoms with Crippen molar-refractivity contribution >= 4 is 23.3 Å². The summed E-state index contributed by atoms with van der Waals surface area (Å²) in [7, 11) is 0. The van der Waals surface area contributed by atoms with E-state index in [4.69, 9.17) is 22.4 Å². The summed E-state index contributed by atoms with van der Waals surface area (Å²) in [4.78, 5) is 28.5. The van der Waals surface area contributed by atoms with Crippen LogP contribution in [0.4, 0.5) is 4.39 Å². The van der Waals surface area contributed by atoms with E-state index >= 15 is 4.39 Å². The Morgan fingerprint density at radius 3 is 2.64 bits per heavy atom. The molecule has 3 rings (SSSR count). The van der Waals surface area contributed by atoms with E-state index in [1.807, 2.05) is 6.92 Å². The van der Waals surface area contributed by atoms with Crippen molar-refractivity contribution in [3.63, 3.8) is 0 Å². The second-order valence-corrected chi connectivity index (χ2v) is 8.12. The van der Waals surface area contributed by atoms with Gasteiger partial charge in [0.1, 0.15) is 5.82 Å². The summed E-state index contributed by atoms with van der Waals surface area (Å²) in [6.45, 7) is 3.49. The van der Waals surface area contributed by atoms with E-state index in [1.54, 1.807) is 19.2 Å². The van der Waals surface area contributed by atoms with Crippen molar-refractivity contribution in [3.8, 4) is 5.82 Å². The van der Waals surface area contributed by atoms with Gasteiger partial charge in [0.15, 0.2) is 11.6 Å². The van der Waals surface area contributed by atoms with Crippen LogP contribution in [-0.4, -0.2) is 37.6 Å². The lowest BCUT2D eigenvalue weighted by Crippen LogP contribution is -2.34. The van der Waals surface area contributed by atoms with Crippen molar-refractivity contribution in [1.82, 2.24) is 20.1 Å². The molecule has 2 heterocycles. The monoisotopic (exact) mass is 477 g/mol. The van der Waals surface area contributed by atoms with Gasteiger partial charge in [-0.3, -0.25) is 9.59 Å². The van der Waals surface area contributed by atoms with Gasteiger partial charge in [-0.15, -0.1) is 0 Å². The Bertz CT molecular complexity index is 1160. The summed E-state index contributed by atoms with van der Waals surface area (Å²) < 4.78 is 17.0. The molecule has 2 atom stereocenters. The number of primary amides is 1. The molecule has 1 amide bonds. The minimum Gasteiger partial charge on any atom is -0.392 e. The summed E-state index contributed by atoms with van der Waals surface area (Å²) in [5.74, 6) is -1.35. The lowest BCUT2D eigenvalue weighted by molar-refractivity contribution is -0.118. The van der Waals surface area contributed by atoms with E-state index in [0.717, 1.165) is 0 Å². The van der Waals surface area contributed by atoms with Crippen LogP contribution in [0.15, 0.2) is 42.9 Å². The number of benzene rings is 1. The van der Waals surface area contributed by atoms with Gasteiger partial charge in [0.25, 0.3) is 0 Å². The minimum absolute atomic E-state index is 0. The SMILES string of the molecule is CC[C@@H](N[C@@H](C)CC(N)=O)c1ccc(Cl)c(C(=O)c2ccc(-n3cc(CO)cn3)nc2)c1F.[HH].[HH]. The highest BCUT2D eigenvalue weighted by molar-refractivity contribution is 6.35. The number of ketones is 1. The number of carbonyl (C=O) groups is 2. The first-order valence-electron chi connectivity index (χ1n) is 10.4. The predicted molar refractivity (Wildman–Crippen MR) is 126 cm³/mol. The average Bonchev–Trinajstić information content (AvgIpc) is 3.27. The maximum Gasteiger partial charge on any atom is 0.218 e. The van der Waals surface area contributed by atoms with Crippen LogP contribution in [-0.2, 0) is 11.4 Å². The first kappa shape index (κ1) is 24.5. The summed E-state index contributed by atoms with van der Waals surface area (Å²) in [6.07, 6.45) is 5.06. The molecule has 10 heteroatoms. The zero-order valence-electron chi connectivity index (χ0n) is 18.3. The molecule has 0 spiro atoms. The van der Waals surface area contributed by atoms with Crippen LogP contribution in [0.1, 0.15) is 62.6 Å². The third kappa shape index (κ3) is 5.62. The molecular weight excluding hydrogens is 449 g/mol. The number of carbonyl (C=O) groups excluding carboxylic acids is 2. The molecule has 0 fully saturated rings. The van der Waals surface area contributed by atoms with Gasteiger partial charge in [0.05, 0.1) is 23.4 Å². The predicted octanol–water partition coefficient (Wildman–Crippen LogP) is 3.58. The topological polar surface area (TPSA) is 123 Å². The van der Waals surface area contributed by atoms with E-state index in [2.05, 4.69) is 15.4 Å². The standard InChI is InChI=1S/C23H25ClFN5O3.2H2/c1-3-18(29-13(2)8-19(26)32)16-5-6-17(24)21(22(16)25)23(33)15-4-7-20(27-10-15)30-11-14(12-31)9-28-30;;/h4-7,9-11,13,18,29,31H,3,8,12H2,1-2H3,(H2,26,32);2*1H/t13-,18+;;/m0../s1. The number of nitrogens with zero attached hydrogens (tertiary/aromatic N) is 3. The maximum atomic E-state index is 15.5. The van der Waals surface area contributed by atoms with Crippen molar-refractivity contribution in [2.45, 2.75) is 45.4 Å². The number of rotatable bonds is 10. The lowest BCUT2D eigenvalue weighted by Gasteiger charge is -2.23. The molecule has 3 aromatic rings. The zero-order chi connectivity index (χ0) is 24.1. The minimum atomic E-state index is -0.720. The van der Waals surface area contributed by atoms with Crippen LogP contribution in [0.25, 0.3) is 5.82 Å². The van der Waals surface area contributed by atoms with E-state index in [0.29, 0.717) is 17.8 Å². The number of aromatic nitrogens is 3. The molecule has 0 unspecified atom stereocenters. The van der Waals surface area contributed by atoms with Gasteiger partial charge in [-0.25, -0.2) is 14.1 Å². The third-order valence-corrected chi connectivity index (χ3v) is 5.50. The Morgan fingerprint density at radius 2 is 2.06 bits per heavy atom. The van der Waals surface area contributed by atoms with Crippen molar-refractivity contribution in [3.05, 3.63) is 75.9 Å².